The number of carbonyl (C=O) groups is 2. The van der Waals surface area contributed by atoms with Crippen LogP contribution in [0.2, 0.25) is 0 Å². The van der Waals surface area contributed by atoms with Gasteiger partial charge in [-0.1, -0.05) is 78.9 Å². The normalized spacial score (nSPS) is 19.1. The zero-order valence-electron chi connectivity index (χ0n) is 20.3. The van der Waals surface area contributed by atoms with Gasteiger partial charge in [-0.15, -0.1) is 11.6 Å². The topological polar surface area (TPSA) is 81.1 Å². The lowest BCUT2D eigenvalue weighted by molar-refractivity contribution is -0.154. The van der Waals surface area contributed by atoms with Gasteiger partial charge in [-0.25, -0.2) is 9.18 Å². The summed E-state index contributed by atoms with van der Waals surface area (Å²) < 4.78 is 14.8. The second kappa shape index (κ2) is 12.3. The van der Waals surface area contributed by atoms with Gasteiger partial charge in [0.05, 0.1) is 5.38 Å². The van der Waals surface area contributed by atoms with E-state index in [1.54, 1.807) is 18.2 Å². The van der Waals surface area contributed by atoms with Gasteiger partial charge < -0.3 is 15.1 Å². The average Bonchev–Trinajstić information content (AvgIpc) is 3.30. The number of rotatable bonds is 10. The number of aliphatic carboxylic acids is 1. The molecular weight excluding hydrogens is 495 g/mol. The Hall–Kier alpha value is -3.26. The van der Waals surface area contributed by atoms with Crippen molar-refractivity contribution in [2.45, 2.75) is 49.5 Å². The van der Waals surface area contributed by atoms with Gasteiger partial charge in [-0.2, -0.15) is 0 Å². The molecule has 0 aliphatic carbocycles. The molecule has 4 atom stereocenters. The summed E-state index contributed by atoms with van der Waals surface area (Å²) in [5.41, 5.74) is 2.28. The Labute approximate surface area is 220 Å². The molecule has 2 N–H and O–H groups in total. The Bertz CT molecular complexity index is 1160. The standard InChI is InChI=1S/C29H30ClFN2O4/c30-23-16-26(29(36)37)33(19-23)28(35)27(34)25(15-22-13-7-8-14-24(22)31)32(17-20-9-3-1-4-10-20)18-21-11-5-2-6-12-21/h1-14,23,25-27,34H,15-19H2,(H,36,37)/t23-,25-,26-,27-/m0/s1. The van der Waals surface area contributed by atoms with Crippen molar-refractivity contribution in [1.82, 2.24) is 9.80 Å². The number of aliphatic hydroxyl groups is 1. The molecule has 37 heavy (non-hydrogen) atoms. The van der Waals surface area contributed by atoms with Crippen LogP contribution in [-0.2, 0) is 29.1 Å². The van der Waals surface area contributed by atoms with Crippen molar-refractivity contribution < 1.29 is 24.2 Å². The van der Waals surface area contributed by atoms with E-state index in [9.17, 15) is 24.2 Å². The van der Waals surface area contributed by atoms with Crippen LogP contribution in [0, 0.1) is 5.82 Å². The highest BCUT2D eigenvalue weighted by Gasteiger charge is 2.43. The molecule has 194 valence electrons. The van der Waals surface area contributed by atoms with Gasteiger partial charge in [-0.05, 0) is 35.6 Å². The molecular formula is C29H30ClFN2O4. The van der Waals surface area contributed by atoms with Crippen LogP contribution in [0.3, 0.4) is 0 Å². The molecule has 8 heteroatoms. The summed E-state index contributed by atoms with van der Waals surface area (Å²) in [6.45, 7) is 0.803. The number of carbonyl (C=O) groups excluding carboxylic acids is 1. The Morgan fingerprint density at radius 2 is 1.49 bits per heavy atom. The summed E-state index contributed by atoms with van der Waals surface area (Å²) in [6.07, 6.45) is -1.45. The monoisotopic (exact) mass is 524 g/mol. The largest absolute Gasteiger partial charge is 0.480 e. The first-order valence-electron chi connectivity index (χ1n) is 12.2. The van der Waals surface area contributed by atoms with E-state index in [4.69, 9.17) is 11.6 Å². The highest BCUT2D eigenvalue weighted by atomic mass is 35.5. The second-order valence-electron chi connectivity index (χ2n) is 9.36. The summed E-state index contributed by atoms with van der Waals surface area (Å²) in [5.74, 6) is -2.32. The van der Waals surface area contributed by atoms with E-state index in [0.717, 1.165) is 16.0 Å². The smallest absolute Gasteiger partial charge is 0.326 e. The second-order valence-corrected chi connectivity index (χ2v) is 9.98. The van der Waals surface area contributed by atoms with Crippen molar-refractivity contribution in [2.24, 2.45) is 0 Å². The van der Waals surface area contributed by atoms with Gasteiger partial charge in [-0.3, -0.25) is 9.69 Å². The molecule has 0 unspecified atom stereocenters. The number of likely N-dealkylation sites (tertiary alicyclic amines) is 1. The predicted molar refractivity (Wildman–Crippen MR) is 139 cm³/mol. The molecule has 0 spiro atoms. The number of carboxylic acid groups (broad SMARTS) is 1. The molecule has 1 saturated heterocycles. The Morgan fingerprint density at radius 3 is 2.03 bits per heavy atom. The van der Waals surface area contributed by atoms with Gasteiger partial charge in [0, 0.05) is 25.7 Å². The highest BCUT2D eigenvalue weighted by Crippen LogP contribution is 2.27. The number of alkyl halides is 1. The average molecular weight is 525 g/mol. The van der Waals surface area contributed by atoms with Gasteiger partial charge in [0.2, 0.25) is 0 Å². The molecule has 3 aromatic rings. The van der Waals surface area contributed by atoms with E-state index in [-0.39, 0.29) is 19.4 Å². The number of benzene rings is 3. The van der Waals surface area contributed by atoms with Crippen LogP contribution in [0.15, 0.2) is 84.9 Å². The van der Waals surface area contributed by atoms with E-state index in [1.807, 2.05) is 65.6 Å². The SMILES string of the molecule is O=C(O)[C@@H]1C[C@H](Cl)CN1C(=O)[C@@H](O)[C@H](Cc1ccccc1F)N(Cc1ccccc1)Cc1ccccc1. The van der Waals surface area contributed by atoms with E-state index >= 15 is 0 Å². The van der Waals surface area contributed by atoms with Crippen LogP contribution in [0.25, 0.3) is 0 Å². The number of hydrogen-bond acceptors (Lipinski definition) is 4. The summed E-state index contributed by atoms with van der Waals surface area (Å²) in [4.78, 5) is 28.5. The van der Waals surface area contributed by atoms with Gasteiger partial charge >= 0.3 is 5.97 Å². The van der Waals surface area contributed by atoms with Crippen LogP contribution in [0.5, 0.6) is 0 Å². The lowest BCUT2D eigenvalue weighted by Crippen LogP contribution is -2.54. The first-order valence-corrected chi connectivity index (χ1v) is 12.7. The summed E-state index contributed by atoms with van der Waals surface area (Å²) in [6, 6.07) is 23.6. The first kappa shape index (κ1) is 26.8. The molecule has 0 bridgehead atoms. The number of amides is 1. The number of halogens is 2. The van der Waals surface area contributed by atoms with Crippen molar-refractivity contribution in [1.29, 1.82) is 0 Å². The summed E-state index contributed by atoms with van der Waals surface area (Å²) >= 11 is 6.20. The van der Waals surface area contributed by atoms with Gasteiger partial charge in [0.25, 0.3) is 5.91 Å². The molecule has 0 radical (unpaired) electrons. The third kappa shape index (κ3) is 6.74. The molecule has 1 heterocycles. The molecule has 4 rings (SSSR count). The fourth-order valence-electron chi connectivity index (χ4n) is 4.85. The fraction of sp³-hybridized carbons (Fsp3) is 0.310. The van der Waals surface area contributed by atoms with Crippen molar-refractivity contribution in [3.05, 3.63) is 107 Å². The van der Waals surface area contributed by atoms with Crippen molar-refractivity contribution >= 4 is 23.5 Å². The Balaban J connectivity index is 1.71. The van der Waals surface area contributed by atoms with E-state index in [2.05, 4.69) is 0 Å². The van der Waals surface area contributed by atoms with E-state index in [1.165, 1.54) is 6.07 Å². The molecule has 1 aliphatic heterocycles. The van der Waals surface area contributed by atoms with E-state index in [0.29, 0.717) is 18.7 Å². The maximum atomic E-state index is 14.8. The van der Waals surface area contributed by atoms with Crippen LogP contribution in [-0.4, -0.2) is 62.0 Å². The number of hydrogen-bond donors (Lipinski definition) is 2. The van der Waals surface area contributed by atoms with Gasteiger partial charge in [0.15, 0.2) is 0 Å². The van der Waals surface area contributed by atoms with Crippen molar-refractivity contribution in [3.63, 3.8) is 0 Å². The minimum absolute atomic E-state index is 0.0260. The molecule has 1 amide bonds. The van der Waals surface area contributed by atoms with Crippen molar-refractivity contribution in [2.75, 3.05) is 6.54 Å². The summed E-state index contributed by atoms with van der Waals surface area (Å²) in [7, 11) is 0. The third-order valence-corrected chi connectivity index (χ3v) is 7.06. The molecule has 1 aliphatic rings. The lowest BCUT2D eigenvalue weighted by Gasteiger charge is -2.36. The van der Waals surface area contributed by atoms with Gasteiger partial charge in [0.1, 0.15) is 18.0 Å². The number of nitrogens with zero attached hydrogens (tertiary/aromatic N) is 2. The Kier molecular flexibility index (Phi) is 8.92. The quantitative estimate of drug-likeness (QED) is 0.390. The maximum Gasteiger partial charge on any atom is 0.326 e. The molecule has 0 saturated carbocycles. The highest BCUT2D eigenvalue weighted by molar-refractivity contribution is 6.21. The van der Waals surface area contributed by atoms with Crippen LogP contribution in [0.4, 0.5) is 4.39 Å². The lowest BCUT2D eigenvalue weighted by atomic mass is 9.96. The van der Waals surface area contributed by atoms with Crippen LogP contribution < -0.4 is 0 Å². The molecule has 3 aromatic carbocycles. The maximum absolute atomic E-state index is 14.8. The van der Waals surface area contributed by atoms with Crippen LogP contribution >= 0.6 is 11.6 Å². The molecule has 1 fully saturated rings. The molecule has 6 nitrogen and oxygen atoms in total. The zero-order chi connectivity index (χ0) is 26.4. The Morgan fingerprint density at radius 1 is 0.946 bits per heavy atom. The first-order chi connectivity index (χ1) is 17.8. The summed E-state index contributed by atoms with van der Waals surface area (Å²) in [5, 5.41) is 20.6. The van der Waals surface area contributed by atoms with Crippen LogP contribution in [0.1, 0.15) is 23.1 Å². The fourth-order valence-corrected chi connectivity index (χ4v) is 5.17. The number of aliphatic hydroxyl groups excluding tert-OH is 1. The third-order valence-electron chi connectivity index (χ3n) is 6.75. The minimum Gasteiger partial charge on any atom is -0.480 e. The minimum atomic E-state index is -1.60. The zero-order valence-corrected chi connectivity index (χ0v) is 21.0. The predicted octanol–water partition coefficient (Wildman–Crippen LogP) is 4.09. The number of carboxylic acids is 1. The van der Waals surface area contributed by atoms with Crippen molar-refractivity contribution in [3.8, 4) is 0 Å². The van der Waals surface area contributed by atoms with E-state index < -0.39 is 41.3 Å². The molecule has 0 aromatic heterocycles.